The summed E-state index contributed by atoms with van der Waals surface area (Å²) in [5, 5.41) is 9.52. The Hall–Kier alpha value is -2.26. The molecule has 0 amide bonds. The van der Waals surface area contributed by atoms with Gasteiger partial charge in [0.15, 0.2) is 0 Å². The zero-order valence-electron chi connectivity index (χ0n) is 14.2. The van der Waals surface area contributed by atoms with Gasteiger partial charge in [-0.15, -0.1) is 11.3 Å². The average Bonchev–Trinajstić information content (AvgIpc) is 3.01. The monoisotopic (exact) mass is 346 g/mol. The first-order valence-corrected chi connectivity index (χ1v) is 8.89. The first kappa shape index (κ1) is 18.1. The molecule has 128 valence electrons. The van der Waals surface area contributed by atoms with E-state index in [9.17, 15) is 10.1 Å². The summed E-state index contributed by atoms with van der Waals surface area (Å²) in [6, 6.07) is 6.11. The molecule has 0 radical (unpaired) electrons. The zero-order chi connectivity index (χ0) is 17.7. The number of thiophene rings is 1. The number of carbonyl (C=O) groups is 1. The first-order chi connectivity index (χ1) is 11.5. The van der Waals surface area contributed by atoms with Crippen molar-refractivity contribution >= 4 is 17.3 Å². The second-order valence-electron chi connectivity index (χ2n) is 5.52. The Kier molecular flexibility index (Phi) is 6.04. The summed E-state index contributed by atoms with van der Waals surface area (Å²) >= 11 is 1.60. The topological polar surface area (TPSA) is 85.3 Å². The van der Waals surface area contributed by atoms with Crippen molar-refractivity contribution in [2.75, 3.05) is 6.61 Å². The third-order valence-corrected chi connectivity index (χ3v) is 5.05. The average molecular weight is 346 g/mol. The molecule has 1 aromatic heterocycles. The van der Waals surface area contributed by atoms with Gasteiger partial charge in [0.2, 0.25) is 5.88 Å². The Bertz CT molecular complexity index is 725. The van der Waals surface area contributed by atoms with Crippen LogP contribution in [0.15, 0.2) is 34.9 Å². The zero-order valence-corrected chi connectivity index (χ0v) is 15.0. The predicted molar refractivity (Wildman–Crippen MR) is 92.9 cm³/mol. The lowest BCUT2D eigenvalue weighted by atomic mass is 9.87. The Labute approximate surface area is 146 Å². The van der Waals surface area contributed by atoms with Crippen LogP contribution in [0.3, 0.4) is 0 Å². The van der Waals surface area contributed by atoms with Crippen LogP contribution in [0, 0.1) is 11.3 Å². The number of rotatable bonds is 6. The van der Waals surface area contributed by atoms with Crippen molar-refractivity contribution in [2.24, 2.45) is 5.73 Å². The van der Waals surface area contributed by atoms with E-state index < -0.39 is 11.9 Å². The smallest absolute Gasteiger partial charge is 0.338 e. The lowest BCUT2D eigenvalue weighted by Crippen LogP contribution is -2.25. The molecule has 0 spiro atoms. The number of carbonyl (C=O) groups excluding carboxylic acids is 1. The molecule has 1 aromatic rings. The van der Waals surface area contributed by atoms with Crippen LogP contribution in [0.4, 0.5) is 0 Å². The molecule has 0 aliphatic carbocycles. The molecular weight excluding hydrogens is 324 g/mol. The number of esters is 1. The lowest BCUT2D eigenvalue weighted by Gasteiger charge is -2.25. The summed E-state index contributed by atoms with van der Waals surface area (Å²) in [5.74, 6) is -0.554. The molecular formula is C18H22N2O3S. The minimum absolute atomic E-state index is 0.0524. The van der Waals surface area contributed by atoms with Gasteiger partial charge in [0.25, 0.3) is 0 Å². The van der Waals surface area contributed by atoms with Crippen LogP contribution >= 0.6 is 11.3 Å². The predicted octanol–water partition coefficient (Wildman–Crippen LogP) is 3.74. The quantitative estimate of drug-likeness (QED) is 0.793. The second kappa shape index (κ2) is 8.02. The highest BCUT2D eigenvalue weighted by atomic mass is 32.1. The van der Waals surface area contributed by atoms with Gasteiger partial charge in [0, 0.05) is 9.75 Å². The number of unbranched alkanes of at least 4 members (excludes halogenated alkanes) is 1. The van der Waals surface area contributed by atoms with E-state index in [0.29, 0.717) is 11.3 Å². The van der Waals surface area contributed by atoms with Crippen LogP contribution in [0.2, 0.25) is 0 Å². The molecule has 1 atom stereocenters. The summed E-state index contributed by atoms with van der Waals surface area (Å²) in [5.41, 5.74) is 6.49. The normalized spacial score (nSPS) is 17.5. The number of hydrogen-bond acceptors (Lipinski definition) is 6. The van der Waals surface area contributed by atoms with E-state index in [1.807, 2.05) is 6.07 Å². The minimum Gasteiger partial charge on any atom is -0.463 e. The molecule has 2 rings (SSSR count). The highest BCUT2D eigenvalue weighted by Crippen LogP contribution is 2.42. The molecule has 0 saturated heterocycles. The minimum atomic E-state index is -0.525. The number of aryl methyl sites for hydroxylation is 1. The van der Waals surface area contributed by atoms with E-state index in [2.05, 4.69) is 19.1 Å². The summed E-state index contributed by atoms with van der Waals surface area (Å²) in [6.45, 7) is 5.83. The maximum atomic E-state index is 12.4. The summed E-state index contributed by atoms with van der Waals surface area (Å²) < 4.78 is 10.6. The molecule has 2 N–H and O–H groups in total. The van der Waals surface area contributed by atoms with E-state index >= 15 is 0 Å². The van der Waals surface area contributed by atoms with Gasteiger partial charge in [-0.05, 0) is 38.8 Å². The van der Waals surface area contributed by atoms with Gasteiger partial charge in [-0.2, -0.15) is 5.26 Å². The highest BCUT2D eigenvalue weighted by molar-refractivity contribution is 7.12. The fraction of sp³-hybridized carbons (Fsp3) is 0.444. The van der Waals surface area contributed by atoms with Gasteiger partial charge < -0.3 is 15.2 Å². The lowest BCUT2D eigenvalue weighted by molar-refractivity contribution is -0.139. The van der Waals surface area contributed by atoms with E-state index in [-0.39, 0.29) is 18.1 Å². The van der Waals surface area contributed by atoms with E-state index in [4.69, 9.17) is 15.2 Å². The summed E-state index contributed by atoms with van der Waals surface area (Å²) in [6.07, 6.45) is 3.22. The van der Waals surface area contributed by atoms with Crippen LogP contribution in [0.1, 0.15) is 49.3 Å². The number of nitrogens with two attached hydrogens (primary N) is 1. The Morgan fingerprint density at radius 2 is 2.21 bits per heavy atom. The van der Waals surface area contributed by atoms with Gasteiger partial charge in [-0.25, -0.2) is 4.79 Å². The Morgan fingerprint density at radius 3 is 2.83 bits per heavy atom. The molecule has 0 bridgehead atoms. The van der Waals surface area contributed by atoms with Crippen molar-refractivity contribution in [1.82, 2.24) is 0 Å². The van der Waals surface area contributed by atoms with E-state index in [1.165, 1.54) is 4.88 Å². The third kappa shape index (κ3) is 3.62. The molecule has 1 aliphatic heterocycles. The number of ether oxygens (including phenoxy) is 2. The molecule has 0 saturated carbocycles. The Morgan fingerprint density at radius 1 is 1.46 bits per heavy atom. The summed E-state index contributed by atoms with van der Waals surface area (Å²) in [4.78, 5) is 14.6. The van der Waals surface area contributed by atoms with E-state index in [1.54, 1.807) is 25.2 Å². The fourth-order valence-electron chi connectivity index (χ4n) is 2.67. The molecule has 6 heteroatoms. The Balaban J connectivity index is 2.46. The van der Waals surface area contributed by atoms with Crippen LogP contribution < -0.4 is 5.73 Å². The van der Waals surface area contributed by atoms with Crippen molar-refractivity contribution < 1.29 is 14.3 Å². The van der Waals surface area contributed by atoms with Crippen LogP contribution in [0.25, 0.3) is 0 Å². The van der Waals surface area contributed by atoms with Crippen LogP contribution in [-0.2, 0) is 20.7 Å². The highest BCUT2D eigenvalue weighted by Gasteiger charge is 2.37. The van der Waals surface area contributed by atoms with Gasteiger partial charge in [-0.1, -0.05) is 13.3 Å². The number of hydrogen-bond donors (Lipinski definition) is 1. The third-order valence-electron chi connectivity index (χ3n) is 3.84. The standard InChI is InChI=1S/C18H22N2O3S/c1-4-6-7-12-8-9-14(24-12)16-13(10-19)17(20)23-11(3)15(16)18(21)22-5-2/h8-9,16H,4-7,20H2,1-3H3/t16-/m0/s1. The van der Waals surface area contributed by atoms with Gasteiger partial charge in [-0.3, -0.25) is 0 Å². The summed E-state index contributed by atoms with van der Waals surface area (Å²) in [7, 11) is 0. The number of nitrogens with zero attached hydrogens (tertiary/aromatic N) is 1. The molecule has 0 unspecified atom stereocenters. The number of nitriles is 1. The molecule has 24 heavy (non-hydrogen) atoms. The molecule has 1 aliphatic rings. The van der Waals surface area contributed by atoms with Crippen LogP contribution in [-0.4, -0.2) is 12.6 Å². The molecule has 5 nitrogen and oxygen atoms in total. The first-order valence-electron chi connectivity index (χ1n) is 8.07. The SMILES string of the molecule is CCCCc1ccc([C@@H]2C(C#N)=C(N)OC(C)=C2C(=O)OCC)s1. The maximum absolute atomic E-state index is 12.4. The largest absolute Gasteiger partial charge is 0.463 e. The van der Waals surface area contributed by atoms with E-state index in [0.717, 1.165) is 24.1 Å². The van der Waals surface area contributed by atoms with Crippen molar-refractivity contribution in [1.29, 1.82) is 5.26 Å². The molecule has 0 aromatic carbocycles. The van der Waals surface area contributed by atoms with Gasteiger partial charge in [0.1, 0.15) is 17.4 Å². The number of allylic oxidation sites excluding steroid dienone is 2. The van der Waals surface area contributed by atoms with Gasteiger partial charge in [0.05, 0.1) is 18.1 Å². The van der Waals surface area contributed by atoms with Crippen molar-refractivity contribution in [3.8, 4) is 6.07 Å². The maximum Gasteiger partial charge on any atom is 0.338 e. The molecule has 0 fully saturated rings. The van der Waals surface area contributed by atoms with Crippen molar-refractivity contribution in [3.63, 3.8) is 0 Å². The van der Waals surface area contributed by atoms with Crippen molar-refractivity contribution in [3.05, 3.63) is 44.7 Å². The molecule has 2 heterocycles. The van der Waals surface area contributed by atoms with Crippen molar-refractivity contribution in [2.45, 2.75) is 46.0 Å². The van der Waals surface area contributed by atoms with Gasteiger partial charge >= 0.3 is 5.97 Å². The second-order valence-corrected chi connectivity index (χ2v) is 6.72. The van der Waals surface area contributed by atoms with Crippen LogP contribution in [0.5, 0.6) is 0 Å². The fourth-order valence-corrected chi connectivity index (χ4v) is 3.85.